The van der Waals surface area contributed by atoms with Gasteiger partial charge in [-0.15, -0.1) is 0 Å². The minimum Gasteiger partial charge on any atom is -0.481 e. The summed E-state index contributed by atoms with van der Waals surface area (Å²) < 4.78 is 11.2. The zero-order chi connectivity index (χ0) is 30.6. The van der Waals surface area contributed by atoms with E-state index >= 15 is 0 Å². The van der Waals surface area contributed by atoms with Gasteiger partial charge in [-0.2, -0.15) is 0 Å². The maximum Gasteiger partial charge on any atom is 0.309 e. The summed E-state index contributed by atoms with van der Waals surface area (Å²) in [6.07, 6.45) is 11.2. The van der Waals surface area contributed by atoms with E-state index in [1.54, 1.807) is 0 Å². The third-order valence-electron chi connectivity index (χ3n) is 15.5. The average Bonchev–Trinajstić information content (AvgIpc) is 3.58. The Bertz CT molecular complexity index is 1320. The molecule has 1 aromatic carbocycles. The molecule has 1 unspecified atom stereocenters. The molecule has 5 aliphatic carbocycles. The molecular formula is C38H55NO4. The van der Waals surface area contributed by atoms with Crippen LogP contribution < -0.4 is 14.8 Å². The second-order valence-electron chi connectivity index (χ2n) is 17.1. The molecule has 7 rings (SSSR count). The van der Waals surface area contributed by atoms with Crippen molar-refractivity contribution in [1.82, 2.24) is 5.32 Å². The summed E-state index contributed by atoms with van der Waals surface area (Å²) in [5.41, 5.74) is 2.87. The Kier molecular flexibility index (Phi) is 6.73. The van der Waals surface area contributed by atoms with E-state index in [0.29, 0.717) is 41.9 Å². The number of hydrogen-bond acceptors (Lipinski definition) is 4. The van der Waals surface area contributed by atoms with Crippen LogP contribution in [0.5, 0.6) is 11.5 Å². The predicted octanol–water partition coefficient (Wildman–Crippen LogP) is 8.62. The smallest absolute Gasteiger partial charge is 0.309 e. The highest BCUT2D eigenvalue weighted by molar-refractivity contribution is 5.76. The van der Waals surface area contributed by atoms with E-state index in [1.807, 2.05) is 6.07 Å². The first-order chi connectivity index (χ1) is 20.3. The molecule has 236 valence electrons. The van der Waals surface area contributed by atoms with Gasteiger partial charge in [-0.3, -0.25) is 4.79 Å². The van der Waals surface area contributed by atoms with Crippen molar-refractivity contribution < 1.29 is 19.4 Å². The molecule has 5 saturated carbocycles. The number of rotatable bonds is 5. The highest BCUT2D eigenvalue weighted by Crippen LogP contribution is 2.77. The topological polar surface area (TPSA) is 67.8 Å². The third-order valence-corrected chi connectivity index (χ3v) is 15.5. The van der Waals surface area contributed by atoms with Gasteiger partial charge in [-0.1, -0.05) is 52.8 Å². The number of carboxylic acid groups (broad SMARTS) is 1. The van der Waals surface area contributed by atoms with Gasteiger partial charge in [0.2, 0.25) is 6.79 Å². The molecule has 2 N–H and O–H groups in total. The van der Waals surface area contributed by atoms with E-state index in [0.717, 1.165) is 43.7 Å². The lowest BCUT2D eigenvalue weighted by Crippen LogP contribution is -2.67. The molecule has 6 aliphatic rings. The molecule has 1 aliphatic heterocycles. The van der Waals surface area contributed by atoms with Crippen molar-refractivity contribution in [3.8, 4) is 11.5 Å². The van der Waals surface area contributed by atoms with E-state index in [4.69, 9.17) is 9.47 Å². The number of hydrogen-bond donors (Lipinski definition) is 2. The Morgan fingerprint density at radius 1 is 0.907 bits per heavy atom. The molecule has 0 bridgehead atoms. The number of benzene rings is 1. The fourth-order valence-electron chi connectivity index (χ4n) is 13.2. The molecule has 0 amide bonds. The van der Waals surface area contributed by atoms with Gasteiger partial charge in [0.1, 0.15) is 0 Å². The third kappa shape index (κ3) is 3.94. The zero-order valence-electron chi connectivity index (χ0n) is 27.6. The summed E-state index contributed by atoms with van der Waals surface area (Å²) >= 11 is 0. The van der Waals surface area contributed by atoms with E-state index < -0.39 is 11.4 Å². The second-order valence-corrected chi connectivity index (χ2v) is 17.1. The van der Waals surface area contributed by atoms with Gasteiger partial charge in [-0.05, 0) is 140 Å². The van der Waals surface area contributed by atoms with Crippen molar-refractivity contribution in [3.63, 3.8) is 0 Å². The fraction of sp³-hybridized carbons (Fsp3) is 0.763. The normalized spacial score (nSPS) is 45.8. The molecule has 43 heavy (non-hydrogen) atoms. The van der Waals surface area contributed by atoms with Crippen molar-refractivity contribution in [1.29, 1.82) is 0 Å². The number of aliphatic carboxylic acids is 1. The Hall–Kier alpha value is -2.01. The van der Waals surface area contributed by atoms with Crippen molar-refractivity contribution in [2.24, 2.45) is 56.7 Å². The van der Waals surface area contributed by atoms with Crippen molar-refractivity contribution in [2.45, 2.75) is 118 Å². The molecule has 5 heteroatoms. The van der Waals surface area contributed by atoms with Gasteiger partial charge in [0.15, 0.2) is 11.5 Å². The van der Waals surface area contributed by atoms with Crippen LogP contribution in [0.2, 0.25) is 0 Å². The van der Waals surface area contributed by atoms with Crippen molar-refractivity contribution in [2.75, 3.05) is 6.79 Å². The lowest BCUT2D eigenvalue weighted by atomic mass is 9.32. The molecular weight excluding hydrogens is 534 g/mol. The van der Waals surface area contributed by atoms with Crippen LogP contribution in [0.1, 0.15) is 111 Å². The summed E-state index contributed by atoms with van der Waals surface area (Å²) in [6, 6.07) is 6.81. The van der Waals surface area contributed by atoms with Crippen molar-refractivity contribution >= 4 is 5.97 Å². The van der Waals surface area contributed by atoms with Crippen LogP contribution in [0.3, 0.4) is 0 Å². The molecule has 0 saturated heterocycles. The van der Waals surface area contributed by atoms with Crippen molar-refractivity contribution in [3.05, 3.63) is 35.9 Å². The van der Waals surface area contributed by atoms with Crippen LogP contribution in [0.15, 0.2) is 30.4 Å². The maximum atomic E-state index is 13.0. The lowest BCUT2D eigenvalue weighted by molar-refractivity contribution is -0.240. The van der Waals surface area contributed by atoms with Gasteiger partial charge >= 0.3 is 5.97 Å². The minimum absolute atomic E-state index is 0.185. The first kappa shape index (κ1) is 29.7. The number of nitrogens with one attached hydrogen (secondary N) is 1. The largest absolute Gasteiger partial charge is 0.481 e. The molecule has 0 aromatic heterocycles. The fourth-order valence-corrected chi connectivity index (χ4v) is 13.2. The first-order valence-corrected chi connectivity index (χ1v) is 17.3. The highest BCUT2D eigenvalue weighted by Gasteiger charge is 2.72. The number of carbonyl (C=O) groups is 1. The Morgan fingerprint density at radius 2 is 1.67 bits per heavy atom. The number of allylic oxidation sites excluding steroid dienone is 1. The van der Waals surface area contributed by atoms with Gasteiger partial charge in [0.05, 0.1) is 5.41 Å². The minimum atomic E-state index is -0.540. The summed E-state index contributed by atoms with van der Waals surface area (Å²) in [7, 11) is 0. The standard InChI is InChI=1S/C38H55NO4/c1-23(2)25-12-17-38(33(40)41)19-18-36(6)26(32(25)38)9-11-30-35(5)15-14-31(34(3,4)29(35)13-16-37(30,36)7)39-21-24-8-10-27-28(20-24)43-22-42-27/h8,10,20,25-26,29-32,39H,1,9,11-19,21-22H2,2-7H3,(H,40,41)/t25-,26+,29-,30+,31?,32+,35-,36+,37+,38-/m0/s1. The summed E-state index contributed by atoms with van der Waals surface area (Å²) in [5.74, 6) is 3.64. The van der Waals surface area contributed by atoms with E-state index in [-0.39, 0.29) is 22.2 Å². The lowest BCUT2D eigenvalue weighted by Gasteiger charge is -2.73. The summed E-state index contributed by atoms with van der Waals surface area (Å²) in [5, 5.41) is 14.7. The molecule has 5 nitrogen and oxygen atoms in total. The van der Waals surface area contributed by atoms with E-state index in [1.165, 1.54) is 49.7 Å². The quantitative estimate of drug-likeness (QED) is 0.337. The van der Waals surface area contributed by atoms with E-state index in [9.17, 15) is 9.90 Å². The number of fused-ring (bicyclic) bond motifs is 8. The van der Waals surface area contributed by atoms with Gasteiger partial charge in [0, 0.05) is 12.6 Å². The van der Waals surface area contributed by atoms with E-state index in [2.05, 4.69) is 65.6 Å². The van der Waals surface area contributed by atoms with Gasteiger partial charge < -0.3 is 19.9 Å². The number of carboxylic acids is 1. The SMILES string of the molecule is C=C(C)[C@@H]1CC[C@]2(C(=O)O)CC[C@]3(C)[C@H](CC[C@@H]4[C@@]5(C)CCC(NCc6ccc7c(c6)OCO7)C(C)(C)[C@@H]5CC[C@]43C)[C@@H]12. The summed E-state index contributed by atoms with van der Waals surface area (Å²) in [4.78, 5) is 13.0. The molecule has 5 fully saturated rings. The zero-order valence-corrected chi connectivity index (χ0v) is 27.6. The molecule has 0 spiro atoms. The monoisotopic (exact) mass is 589 g/mol. The second kappa shape index (κ2) is 9.74. The predicted molar refractivity (Wildman–Crippen MR) is 170 cm³/mol. The molecule has 0 radical (unpaired) electrons. The van der Waals surface area contributed by atoms with Gasteiger partial charge in [-0.25, -0.2) is 0 Å². The van der Waals surface area contributed by atoms with Gasteiger partial charge in [0.25, 0.3) is 0 Å². The Morgan fingerprint density at radius 3 is 2.42 bits per heavy atom. The summed E-state index contributed by atoms with van der Waals surface area (Å²) in [6.45, 7) is 20.7. The highest BCUT2D eigenvalue weighted by atomic mass is 16.7. The van der Waals surface area contributed by atoms with Crippen LogP contribution >= 0.6 is 0 Å². The van der Waals surface area contributed by atoms with Crippen LogP contribution in [0.4, 0.5) is 0 Å². The molecule has 10 atom stereocenters. The Balaban J connectivity index is 1.14. The van der Waals surface area contributed by atoms with Crippen LogP contribution in [-0.4, -0.2) is 23.9 Å². The molecule has 1 aromatic rings. The molecule has 1 heterocycles. The van der Waals surface area contributed by atoms with Crippen LogP contribution in [0, 0.1) is 56.7 Å². The Labute approximate surface area is 259 Å². The first-order valence-electron chi connectivity index (χ1n) is 17.3. The average molecular weight is 590 g/mol. The van der Waals surface area contributed by atoms with Crippen LogP contribution in [-0.2, 0) is 11.3 Å². The maximum absolute atomic E-state index is 13.0. The number of ether oxygens (including phenoxy) is 2. The van der Waals surface area contributed by atoms with Crippen LogP contribution in [0.25, 0.3) is 0 Å².